The van der Waals surface area contributed by atoms with E-state index in [9.17, 15) is 18.0 Å². The van der Waals surface area contributed by atoms with Gasteiger partial charge in [0.2, 0.25) is 21.8 Å². The standard InChI is InChI=1S/C24H27ClN6O5S/c1-2-37(34,35)30-9-7-19(8-10-30)29-24(33)23(18-12-26-15-27-13-18)31(22(32)11-25)20-5-3-17(4-6-20)21-14-28-16-36-21/h3-6,12-16,19,23H,2,7-11H2,1H3,(H,29,33). The summed E-state index contributed by atoms with van der Waals surface area (Å²) in [6.07, 6.45) is 8.10. The maximum atomic E-state index is 13.7. The van der Waals surface area contributed by atoms with Crippen LogP contribution < -0.4 is 10.2 Å². The van der Waals surface area contributed by atoms with Crippen molar-refractivity contribution in [2.75, 3.05) is 29.6 Å². The van der Waals surface area contributed by atoms with E-state index in [-0.39, 0.29) is 17.7 Å². The van der Waals surface area contributed by atoms with Crippen LogP contribution in [0.2, 0.25) is 0 Å². The zero-order chi connectivity index (χ0) is 26.4. The van der Waals surface area contributed by atoms with Crippen LogP contribution in [0.5, 0.6) is 0 Å². The average Bonchev–Trinajstić information content (AvgIpc) is 3.47. The number of hydrogen-bond donors (Lipinski definition) is 1. The lowest BCUT2D eigenvalue weighted by Gasteiger charge is -2.34. The maximum absolute atomic E-state index is 13.7. The molecule has 1 aliphatic heterocycles. The Morgan fingerprint density at radius 2 is 1.81 bits per heavy atom. The van der Waals surface area contributed by atoms with Gasteiger partial charge >= 0.3 is 0 Å². The molecule has 1 fully saturated rings. The van der Waals surface area contributed by atoms with Crippen LogP contribution in [0.15, 0.2) is 60.0 Å². The second-order valence-corrected chi connectivity index (χ2v) is 11.0. The highest BCUT2D eigenvalue weighted by molar-refractivity contribution is 7.89. The second kappa shape index (κ2) is 11.8. The van der Waals surface area contributed by atoms with Crippen molar-refractivity contribution < 1.29 is 22.4 Å². The number of piperidine rings is 1. The minimum atomic E-state index is -3.29. The molecule has 1 unspecified atom stereocenters. The fourth-order valence-electron chi connectivity index (χ4n) is 4.26. The fourth-order valence-corrected chi connectivity index (χ4v) is 5.52. The summed E-state index contributed by atoms with van der Waals surface area (Å²) in [4.78, 5) is 40.1. The van der Waals surface area contributed by atoms with Crippen LogP contribution in [-0.2, 0) is 19.6 Å². The molecule has 0 aliphatic carbocycles. The van der Waals surface area contributed by atoms with Crippen molar-refractivity contribution >= 4 is 39.1 Å². The van der Waals surface area contributed by atoms with Crippen molar-refractivity contribution in [1.82, 2.24) is 24.6 Å². The van der Waals surface area contributed by atoms with Gasteiger partial charge in [0.1, 0.15) is 18.2 Å². The van der Waals surface area contributed by atoms with Crippen LogP contribution in [0.1, 0.15) is 31.4 Å². The van der Waals surface area contributed by atoms with Crippen molar-refractivity contribution in [3.05, 3.63) is 61.1 Å². The van der Waals surface area contributed by atoms with E-state index in [0.717, 1.165) is 5.56 Å². The summed E-state index contributed by atoms with van der Waals surface area (Å²) in [6.45, 7) is 2.23. The van der Waals surface area contributed by atoms with Gasteiger partial charge in [-0.2, -0.15) is 0 Å². The molecule has 0 spiro atoms. The van der Waals surface area contributed by atoms with E-state index < -0.39 is 27.9 Å². The number of rotatable bonds is 9. The molecular formula is C24H27ClN6O5S. The normalized spacial score (nSPS) is 15.7. The van der Waals surface area contributed by atoms with Crippen molar-refractivity contribution in [2.24, 2.45) is 0 Å². The first kappa shape index (κ1) is 26.7. The van der Waals surface area contributed by atoms with Crippen LogP contribution in [0.25, 0.3) is 11.3 Å². The van der Waals surface area contributed by atoms with Gasteiger partial charge in [-0.1, -0.05) is 0 Å². The highest BCUT2D eigenvalue weighted by atomic mass is 35.5. The van der Waals surface area contributed by atoms with Gasteiger partial charge in [-0.15, -0.1) is 11.6 Å². The number of amides is 2. The number of sulfonamides is 1. The number of benzene rings is 1. The minimum Gasteiger partial charge on any atom is -0.444 e. The van der Waals surface area contributed by atoms with E-state index in [2.05, 4.69) is 20.3 Å². The number of oxazole rings is 1. The first-order valence-corrected chi connectivity index (χ1v) is 13.9. The molecule has 37 heavy (non-hydrogen) atoms. The Hall–Kier alpha value is -3.35. The third-order valence-corrected chi connectivity index (χ3v) is 8.32. The van der Waals surface area contributed by atoms with Gasteiger partial charge in [-0.25, -0.2) is 27.7 Å². The number of carbonyl (C=O) groups excluding carboxylic acids is 2. The topological polar surface area (TPSA) is 139 Å². The Bertz CT molecular complexity index is 1300. The predicted octanol–water partition coefficient (Wildman–Crippen LogP) is 2.38. The lowest BCUT2D eigenvalue weighted by Crippen LogP contribution is -2.51. The largest absolute Gasteiger partial charge is 0.444 e. The molecule has 0 bridgehead atoms. The van der Waals surface area contributed by atoms with Gasteiger partial charge in [0.15, 0.2) is 12.2 Å². The van der Waals surface area contributed by atoms with Crippen LogP contribution in [0.4, 0.5) is 5.69 Å². The highest BCUT2D eigenvalue weighted by Crippen LogP contribution is 2.30. The number of hydrogen-bond acceptors (Lipinski definition) is 8. The van der Waals surface area contributed by atoms with Crippen molar-refractivity contribution in [2.45, 2.75) is 31.8 Å². The van der Waals surface area contributed by atoms with Gasteiger partial charge < -0.3 is 9.73 Å². The summed E-state index contributed by atoms with van der Waals surface area (Å²) >= 11 is 5.97. The van der Waals surface area contributed by atoms with E-state index in [4.69, 9.17) is 16.0 Å². The molecule has 1 aliphatic rings. The molecule has 0 saturated carbocycles. The molecule has 1 aromatic carbocycles. The Balaban J connectivity index is 1.61. The van der Waals surface area contributed by atoms with Crippen molar-refractivity contribution in [3.8, 4) is 11.3 Å². The molecule has 1 atom stereocenters. The van der Waals surface area contributed by atoms with Crippen molar-refractivity contribution in [3.63, 3.8) is 0 Å². The summed E-state index contributed by atoms with van der Waals surface area (Å²) in [7, 11) is -3.29. The first-order chi connectivity index (χ1) is 17.8. The maximum Gasteiger partial charge on any atom is 0.248 e. The molecule has 1 N–H and O–H groups in total. The zero-order valence-corrected chi connectivity index (χ0v) is 21.7. The SMILES string of the molecule is CCS(=O)(=O)N1CCC(NC(=O)C(c2cncnc2)N(C(=O)CCl)c2ccc(-c3cnco3)cc2)CC1. The van der Waals surface area contributed by atoms with Gasteiger partial charge in [0.05, 0.1) is 11.9 Å². The molecular weight excluding hydrogens is 520 g/mol. The third kappa shape index (κ3) is 6.14. The van der Waals surface area contributed by atoms with Crippen molar-refractivity contribution in [1.29, 1.82) is 0 Å². The molecule has 2 amide bonds. The summed E-state index contributed by atoms with van der Waals surface area (Å²) in [5.41, 5.74) is 1.60. The van der Waals surface area contributed by atoms with Gasteiger partial charge in [-0.3, -0.25) is 14.5 Å². The monoisotopic (exact) mass is 546 g/mol. The quantitative estimate of drug-likeness (QED) is 0.404. The molecule has 3 aromatic rings. The zero-order valence-electron chi connectivity index (χ0n) is 20.2. The lowest BCUT2D eigenvalue weighted by molar-refractivity contribution is -0.126. The number of carbonyl (C=O) groups is 2. The van der Waals surface area contributed by atoms with Gasteiger partial charge in [-0.05, 0) is 44.0 Å². The molecule has 4 rings (SSSR count). The van der Waals surface area contributed by atoms with Crippen LogP contribution >= 0.6 is 11.6 Å². The second-order valence-electron chi connectivity index (χ2n) is 8.47. The molecule has 1 saturated heterocycles. The Morgan fingerprint density at radius 3 is 2.38 bits per heavy atom. The van der Waals surface area contributed by atoms with Gasteiger partial charge in [0, 0.05) is 48.3 Å². The molecule has 196 valence electrons. The molecule has 3 heterocycles. The Kier molecular flexibility index (Phi) is 8.52. The summed E-state index contributed by atoms with van der Waals surface area (Å²) in [5, 5.41) is 2.99. The van der Waals surface area contributed by atoms with E-state index in [1.807, 2.05) is 0 Å². The Morgan fingerprint density at radius 1 is 1.14 bits per heavy atom. The first-order valence-electron chi connectivity index (χ1n) is 11.7. The smallest absolute Gasteiger partial charge is 0.248 e. The molecule has 13 heteroatoms. The molecule has 2 aromatic heterocycles. The van der Waals surface area contributed by atoms with E-state index in [1.165, 1.54) is 34.3 Å². The fraction of sp³-hybridized carbons (Fsp3) is 0.375. The number of aromatic nitrogens is 3. The summed E-state index contributed by atoms with van der Waals surface area (Å²) in [5.74, 6) is -0.686. The number of anilines is 1. The lowest BCUT2D eigenvalue weighted by atomic mass is 10.0. The third-order valence-electron chi connectivity index (χ3n) is 6.21. The number of nitrogens with zero attached hydrogens (tertiary/aromatic N) is 5. The van der Waals surface area contributed by atoms with E-state index in [1.54, 1.807) is 37.4 Å². The molecule has 0 radical (unpaired) electrons. The summed E-state index contributed by atoms with van der Waals surface area (Å²) < 4.78 is 31.1. The Labute approximate surface area is 219 Å². The summed E-state index contributed by atoms with van der Waals surface area (Å²) in [6, 6.07) is 5.54. The average molecular weight is 547 g/mol. The predicted molar refractivity (Wildman–Crippen MR) is 137 cm³/mol. The van der Waals surface area contributed by atoms with E-state index >= 15 is 0 Å². The number of alkyl halides is 1. The van der Waals surface area contributed by atoms with Crippen LogP contribution in [0, 0.1) is 0 Å². The van der Waals surface area contributed by atoms with Crippen LogP contribution in [-0.4, -0.2) is 70.3 Å². The van der Waals surface area contributed by atoms with Crippen LogP contribution in [0.3, 0.4) is 0 Å². The number of nitrogens with one attached hydrogen (secondary N) is 1. The van der Waals surface area contributed by atoms with E-state index in [0.29, 0.717) is 42.9 Å². The highest BCUT2D eigenvalue weighted by Gasteiger charge is 2.35. The minimum absolute atomic E-state index is 0.0326. The molecule has 11 nitrogen and oxygen atoms in total. The number of halogens is 1. The van der Waals surface area contributed by atoms with Gasteiger partial charge in [0.25, 0.3) is 0 Å².